The highest BCUT2D eigenvalue weighted by Crippen LogP contribution is 2.39. The summed E-state index contributed by atoms with van der Waals surface area (Å²) in [5.74, 6) is 0.0732. The zero-order valence-electron chi connectivity index (χ0n) is 19.8. The summed E-state index contributed by atoms with van der Waals surface area (Å²) in [7, 11) is 0. The van der Waals surface area contributed by atoms with Crippen LogP contribution in [0, 0.1) is 0 Å². The largest absolute Gasteiger partial charge is 0.369 e. The van der Waals surface area contributed by atoms with Gasteiger partial charge >= 0.3 is 6.03 Å². The number of nitrogens with zero attached hydrogens (tertiary/aromatic N) is 1. The highest BCUT2D eigenvalue weighted by molar-refractivity contribution is 6.41. The minimum absolute atomic E-state index is 0.0131. The molecule has 0 unspecified atom stereocenters. The second kappa shape index (κ2) is 10.8. The number of amides is 3. The number of fused-ring (bicyclic) bond motifs is 1. The van der Waals surface area contributed by atoms with Crippen LogP contribution in [0.4, 0.5) is 10.5 Å². The molecule has 1 aliphatic heterocycles. The first-order chi connectivity index (χ1) is 17.5. The van der Waals surface area contributed by atoms with E-state index in [0.717, 1.165) is 31.6 Å². The van der Waals surface area contributed by atoms with Gasteiger partial charge in [0.2, 0.25) is 0 Å². The van der Waals surface area contributed by atoms with Crippen LogP contribution in [0.1, 0.15) is 45.4 Å². The summed E-state index contributed by atoms with van der Waals surface area (Å²) in [6, 6.07) is 21.8. The molecule has 0 spiro atoms. The summed E-state index contributed by atoms with van der Waals surface area (Å²) in [5.41, 5.74) is 4.80. The molecular formula is C28H28Cl2N4O2. The summed E-state index contributed by atoms with van der Waals surface area (Å²) in [5, 5.41) is 9.27. The molecule has 36 heavy (non-hydrogen) atoms. The fraction of sp³-hybridized carbons (Fsp3) is 0.286. The van der Waals surface area contributed by atoms with Gasteiger partial charge in [-0.15, -0.1) is 0 Å². The van der Waals surface area contributed by atoms with E-state index in [0.29, 0.717) is 16.0 Å². The SMILES string of the molecule is O=C(NCCNC(=O)c1c(Cl)ccc(N2CC(c3ccccc3)C2)c1Cl)N[C@@H]1CCc2ccccc21. The van der Waals surface area contributed by atoms with Gasteiger partial charge in [-0.3, -0.25) is 4.79 Å². The molecular weight excluding hydrogens is 495 g/mol. The first-order valence-electron chi connectivity index (χ1n) is 12.2. The van der Waals surface area contributed by atoms with E-state index in [4.69, 9.17) is 23.2 Å². The second-order valence-corrected chi connectivity index (χ2v) is 10.00. The van der Waals surface area contributed by atoms with E-state index >= 15 is 0 Å². The summed E-state index contributed by atoms with van der Waals surface area (Å²) >= 11 is 13.0. The summed E-state index contributed by atoms with van der Waals surface area (Å²) in [6.07, 6.45) is 1.85. The molecule has 2 aliphatic rings. The Kier molecular flexibility index (Phi) is 7.35. The van der Waals surface area contributed by atoms with Crippen molar-refractivity contribution in [2.24, 2.45) is 0 Å². The fourth-order valence-corrected chi connectivity index (χ4v) is 5.62. The number of benzene rings is 3. The van der Waals surface area contributed by atoms with Gasteiger partial charge in [-0.1, -0.05) is 77.8 Å². The first kappa shape index (κ1) is 24.5. The Hall–Kier alpha value is -3.22. The lowest BCUT2D eigenvalue weighted by molar-refractivity contribution is 0.0954. The minimum Gasteiger partial charge on any atom is -0.369 e. The number of anilines is 1. The molecule has 0 radical (unpaired) electrons. The highest BCUT2D eigenvalue weighted by Gasteiger charge is 2.31. The average molecular weight is 523 g/mol. The lowest BCUT2D eigenvalue weighted by Gasteiger charge is -2.42. The molecule has 5 rings (SSSR count). The van der Waals surface area contributed by atoms with Gasteiger partial charge < -0.3 is 20.9 Å². The lowest BCUT2D eigenvalue weighted by Crippen LogP contribution is -2.45. The Morgan fingerprint density at radius 1 is 0.889 bits per heavy atom. The Morgan fingerprint density at radius 2 is 1.61 bits per heavy atom. The van der Waals surface area contributed by atoms with Gasteiger partial charge in [0.1, 0.15) is 0 Å². The molecule has 3 aromatic carbocycles. The molecule has 0 aromatic heterocycles. The zero-order valence-corrected chi connectivity index (χ0v) is 21.3. The third-order valence-electron chi connectivity index (χ3n) is 6.93. The summed E-state index contributed by atoms with van der Waals surface area (Å²) in [6.45, 7) is 2.20. The molecule has 1 heterocycles. The van der Waals surface area contributed by atoms with Gasteiger partial charge in [0.05, 0.1) is 27.3 Å². The van der Waals surface area contributed by atoms with Crippen molar-refractivity contribution in [3.05, 3.63) is 99.0 Å². The third kappa shape index (κ3) is 5.15. The number of urea groups is 1. The third-order valence-corrected chi connectivity index (χ3v) is 7.62. The van der Waals surface area contributed by atoms with Crippen molar-refractivity contribution in [2.45, 2.75) is 24.8 Å². The number of halogens is 2. The molecule has 1 atom stereocenters. The van der Waals surface area contributed by atoms with E-state index < -0.39 is 0 Å². The Labute approximate surface area is 221 Å². The zero-order chi connectivity index (χ0) is 25.1. The smallest absolute Gasteiger partial charge is 0.315 e. The van der Waals surface area contributed by atoms with E-state index in [1.165, 1.54) is 16.7 Å². The van der Waals surface area contributed by atoms with Crippen molar-refractivity contribution in [3.63, 3.8) is 0 Å². The number of rotatable bonds is 7. The Morgan fingerprint density at radius 3 is 2.42 bits per heavy atom. The number of aryl methyl sites for hydroxylation is 1. The van der Waals surface area contributed by atoms with Gasteiger partial charge in [0, 0.05) is 32.1 Å². The van der Waals surface area contributed by atoms with Gasteiger partial charge in [-0.05, 0) is 41.7 Å². The molecule has 0 saturated carbocycles. The predicted octanol–water partition coefficient (Wildman–Crippen LogP) is 5.31. The molecule has 1 saturated heterocycles. The standard InChI is InChI=1S/C28H28Cl2N4O2/c29-22-11-13-24(34-16-20(17-34)18-6-2-1-3-7-18)26(30)25(22)27(35)31-14-15-32-28(36)33-23-12-10-19-8-4-5-9-21(19)23/h1-9,11,13,20,23H,10,12,14-17H2,(H,31,35)(H2,32,33,36)/t23-/m1/s1. The normalized spacial score (nSPS) is 16.7. The summed E-state index contributed by atoms with van der Waals surface area (Å²) < 4.78 is 0. The van der Waals surface area contributed by atoms with E-state index in [1.807, 2.05) is 36.4 Å². The van der Waals surface area contributed by atoms with Gasteiger partial charge in [0.25, 0.3) is 5.91 Å². The van der Waals surface area contributed by atoms with Gasteiger partial charge in [0.15, 0.2) is 0 Å². The predicted molar refractivity (Wildman–Crippen MR) is 144 cm³/mol. The Balaban J connectivity index is 1.12. The maximum atomic E-state index is 12.9. The van der Waals surface area contributed by atoms with Crippen LogP contribution in [0.25, 0.3) is 0 Å². The molecule has 3 amide bonds. The van der Waals surface area contributed by atoms with Crippen molar-refractivity contribution in [1.29, 1.82) is 0 Å². The van der Waals surface area contributed by atoms with Crippen LogP contribution in [0.3, 0.4) is 0 Å². The van der Waals surface area contributed by atoms with Crippen LogP contribution >= 0.6 is 23.2 Å². The molecule has 1 fully saturated rings. The van der Waals surface area contributed by atoms with Crippen molar-refractivity contribution in [1.82, 2.24) is 16.0 Å². The molecule has 186 valence electrons. The van der Waals surface area contributed by atoms with Crippen molar-refractivity contribution < 1.29 is 9.59 Å². The highest BCUT2D eigenvalue weighted by atomic mass is 35.5. The Bertz CT molecular complexity index is 1260. The van der Waals surface area contributed by atoms with E-state index in [-0.39, 0.29) is 36.6 Å². The fourth-order valence-electron chi connectivity index (χ4n) is 4.96. The maximum absolute atomic E-state index is 12.9. The van der Waals surface area contributed by atoms with E-state index in [1.54, 1.807) is 6.07 Å². The molecule has 1 aliphatic carbocycles. The molecule has 0 bridgehead atoms. The first-order valence-corrected chi connectivity index (χ1v) is 12.9. The van der Waals surface area contributed by atoms with Gasteiger partial charge in [-0.25, -0.2) is 4.79 Å². The number of nitrogens with one attached hydrogen (secondary N) is 3. The quantitative estimate of drug-likeness (QED) is 0.368. The van der Waals surface area contributed by atoms with Crippen LogP contribution in [0.15, 0.2) is 66.7 Å². The van der Waals surface area contributed by atoms with Crippen LogP contribution in [0.2, 0.25) is 10.0 Å². The average Bonchev–Trinajstić information content (AvgIpc) is 3.26. The molecule has 3 aromatic rings. The van der Waals surface area contributed by atoms with Crippen molar-refractivity contribution >= 4 is 40.8 Å². The number of carbonyl (C=O) groups excluding carboxylic acids is 2. The second-order valence-electron chi connectivity index (χ2n) is 9.21. The van der Waals surface area contributed by atoms with Crippen molar-refractivity contribution in [3.8, 4) is 0 Å². The number of hydrogen-bond donors (Lipinski definition) is 3. The van der Waals surface area contributed by atoms with Crippen LogP contribution in [-0.2, 0) is 6.42 Å². The number of hydrogen-bond acceptors (Lipinski definition) is 3. The van der Waals surface area contributed by atoms with Crippen LogP contribution in [-0.4, -0.2) is 38.1 Å². The van der Waals surface area contributed by atoms with Crippen LogP contribution < -0.4 is 20.9 Å². The van der Waals surface area contributed by atoms with E-state index in [9.17, 15) is 9.59 Å². The monoisotopic (exact) mass is 522 g/mol. The van der Waals surface area contributed by atoms with Crippen molar-refractivity contribution in [2.75, 3.05) is 31.1 Å². The van der Waals surface area contributed by atoms with Gasteiger partial charge in [-0.2, -0.15) is 0 Å². The minimum atomic E-state index is -0.362. The molecule has 6 nitrogen and oxygen atoms in total. The maximum Gasteiger partial charge on any atom is 0.315 e. The molecule has 8 heteroatoms. The summed E-state index contributed by atoms with van der Waals surface area (Å²) in [4.78, 5) is 27.4. The van der Waals surface area contributed by atoms with E-state index in [2.05, 4.69) is 45.1 Å². The topological polar surface area (TPSA) is 73.5 Å². The van der Waals surface area contributed by atoms with Crippen LogP contribution in [0.5, 0.6) is 0 Å². The molecule has 3 N–H and O–H groups in total. The lowest BCUT2D eigenvalue weighted by atomic mass is 9.91. The number of carbonyl (C=O) groups is 2.